The normalized spacial score (nSPS) is 10.5. The lowest BCUT2D eigenvalue weighted by atomic mass is 10.3. The maximum absolute atomic E-state index is 12.8. The van der Waals surface area contributed by atoms with Gasteiger partial charge in [-0.25, -0.2) is 14.1 Å². The molecular weight excluding hydrogens is 381 g/mol. The van der Waals surface area contributed by atoms with Crippen LogP contribution in [0.15, 0.2) is 61.1 Å². The topological polar surface area (TPSA) is 88.9 Å². The van der Waals surface area contributed by atoms with Gasteiger partial charge in [-0.1, -0.05) is 6.07 Å². The average Bonchev–Trinajstić information content (AvgIpc) is 3.23. The van der Waals surface area contributed by atoms with Gasteiger partial charge in [0.15, 0.2) is 5.82 Å². The lowest BCUT2D eigenvalue weighted by Crippen LogP contribution is -2.25. The van der Waals surface area contributed by atoms with Crippen LogP contribution in [0.25, 0.3) is 5.82 Å². The smallest absolute Gasteiger partial charge is 0.234 e. The van der Waals surface area contributed by atoms with Gasteiger partial charge >= 0.3 is 0 Å². The zero-order chi connectivity index (χ0) is 19.8. The number of anilines is 1. The molecule has 0 unspecified atom stereocenters. The van der Waals surface area contributed by atoms with Crippen LogP contribution in [0.1, 0.15) is 5.56 Å². The Hall–Kier alpha value is -3.20. The van der Waals surface area contributed by atoms with Crippen molar-refractivity contribution in [3.8, 4) is 5.82 Å². The van der Waals surface area contributed by atoms with Gasteiger partial charge in [0.25, 0.3) is 0 Å². The first kappa shape index (κ1) is 19.6. The summed E-state index contributed by atoms with van der Waals surface area (Å²) in [6, 6.07) is 11.0. The zero-order valence-corrected chi connectivity index (χ0v) is 15.7. The molecule has 2 amide bonds. The Bertz CT molecular complexity index is 915. The van der Waals surface area contributed by atoms with Gasteiger partial charge in [0.05, 0.1) is 11.5 Å². The molecule has 0 aliphatic rings. The number of halogens is 1. The summed E-state index contributed by atoms with van der Waals surface area (Å²) < 4.78 is 14.5. The molecule has 0 bridgehead atoms. The molecule has 0 aliphatic heterocycles. The van der Waals surface area contributed by atoms with Crippen LogP contribution in [-0.2, 0) is 16.1 Å². The van der Waals surface area contributed by atoms with E-state index in [4.69, 9.17) is 0 Å². The van der Waals surface area contributed by atoms with E-state index >= 15 is 0 Å². The minimum absolute atomic E-state index is 0.130. The molecule has 0 fully saturated rings. The molecule has 2 N–H and O–H groups in total. The van der Waals surface area contributed by atoms with Gasteiger partial charge in [0, 0.05) is 30.8 Å². The van der Waals surface area contributed by atoms with Crippen molar-refractivity contribution in [1.29, 1.82) is 0 Å². The van der Waals surface area contributed by atoms with E-state index < -0.39 is 0 Å². The number of hydrogen-bond acceptors (Lipinski definition) is 5. The second kappa shape index (κ2) is 9.65. The number of amides is 2. The Labute approximate surface area is 165 Å². The number of thioether (sulfide) groups is 1. The van der Waals surface area contributed by atoms with Gasteiger partial charge in [-0.2, -0.15) is 5.10 Å². The molecule has 0 atom stereocenters. The van der Waals surface area contributed by atoms with Crippen molar-refractivity contribution in [1.82, 2.24) is 20.1 Å². The maximum Gasteiger partial charge on any atom is 0.234 e. The van der Waals surface area contributed by atoms with E-state index in [0.29, 0.717) is 18.1 Å². The van der Waals surface area contributed by atoms with E-state index in [0.717, 1.165) is 5.56 Å². The SMILES string of the molecule is O=C(CSCC(=O)Nc1ccc(F)cc1)NCc1ccc(-n2cccn2)nc1. The number of hydrogen-bond donors (Lipinski definition) is 2. The summed E-state index contributed by atoms with van der Waals surface area (Å²) in [7, 11) is 0. The third-order valence-corrected chi connectivity index (χ3v) is 4.56. The van der Waals surface area contributed by atoms with Crippen LogP contribution < -0.4 is 10.6 Å². The highest BCUT2D eigenvalue weighted by Crippen LogP contribution is 2.09. The lowest BCUT2D eigenvalue weighted by Gasteiger charge is -2.07. The number of benzene rings is 1. The molecule has 2 heterocycles. The predicted molar refractivity (Wildman–Crippen MR) is 106 cm³/mol. The monoisotopic (exact) mass is 399 g/mol. The van der Waals surface area contributed by atoms with E-state index in [1.807, 2.05) is 18.2 Å². The van der Waals surface area contributed by atoms with Gasteiger partial charge in [-0.3, -0.25) is 9.59 Å². The fraction of sp³-hybridized carbons (Fsp3) is 0.158. The highest BCUT2D eigenvalue weighted by molar-refractivity contribution is 8.00. The van der Waals surface area contributed by atoms with Gasteiger partial charge < -0.3 is 10.6 Å². The van der Waals surface area contributed by atoms with Crippen LogP contribution in [0.4, 0.5) is 10.1 Å². The van der Waals surface area contributed by atoms with Gasteiger partial charge in [-0.15, -0.1) is 11.8 Å². The van der Waals surface area contributed by atoms with E-state index in [-0.39, 0.29) is 29.1 Å². The molecule has 0 radical (unpaired) electrons. The number of pyridine rings is 1. The molecule has 3 aromatic rings. The molecule has 3 rings (SSSR count). The number of carbonyl (C=O) groups excluding carboxylic acids is 2. The summed E-state index contributed by atoms with van der Waals surface area (Å²) in [5.41, 5.74) is 1.38. The standard InChI is InChI=1S/C19H18FN5O2S/c20-15-3-5-16(6-4-15)24-19(27)13-28-12-18(26)22-11-14-2-7-17(21-10-14)25-9-1-8-23-25/h1-10H,11-13H2,(H,22,26)(H,24,27). The second-order valence-electron chi connectivity index (χ2n) is 5.80. The summed E-state index contributed by atoms with van der Waals surface area (Å²) in [5.74, 6) is 0.206. The molecule has 144 valence electrons. The second-order valence-corrected chi connectivity index (χ2v) is 6.79. The lowest BCUT2D eigenvalue weighted by molar-refractivity contribution is -0.118. The van der Waals surface area contributed by atoms with Crippen molar-refractivity contribution >= 4 is 29.3 Å². The predicted octanol–water partition coefficient (Wildman–Crippen LogP) is 2.39. The number of nitrogens with zero attached hydrogens (tertiary/aromatic N) is 3. The molecule has 0 spiro atoms. The van der Waals surface area contributed by atoms with Crippen LogP contribution >= 0.6 is 11.8 Å². The molecule has 0 saturated carbocycles. The number of rotatable bonds is 8. The van der Waals surface area contributed by atoms with Crippen LogP contribution in [0.3, 0.4) is 0 Å². The van der Waals surface area contributed by atoms with Gasteiger partial charge in [0.1, 0.15) is 5.82 Å². The van der Waals surface area contributed by atoms with Crippen LogP contribution in [-0.4, -0.2) is 38.1 Å². The Morgan fingerprint density at radius 3 is 2.54 bits per heavy atom. The maximum atomic E-state index is 12.8. The van der Waals surface area contributed by atoms with Crippen molar-refractivity contribution in [3.05, 3.63) is 72.4 Å². The van der Waals surface area contributed by atoms with Crippen molar-refractivity contribution < 1.29 is 14.0 Å². The molecule has 7 nitrogen and oxygen atoms in total. The molecule has 0 saturated heterocycles. The van der Waals surface area contributed by atoms with Gasteiger partial charge in [0.2, 0.25) is 11.8 Å². The van der Waals surface area contributed by atoms with Crippen molar-refractivity contribution in [3.63, 3.8) is 0 Å². The number of nitrogens with one attached hydrogen (secondary N) is 2. The minimum atomic E-state index is -0.365. The Morgan fingerprint density at radius 1 is 1.07 bits per heavy atom. The summed E-state index contributed by atoms with van der Waals surface area (Å²) in [4.78, 5) is 28.0. The third-order valence-electron chi connectivity index (χ3n) is 3.63. The number of aromatic nitrogens is 3. The zero-order valence-electron chi connectivity index (χ0n) is 14.8. The van der Waals surface area contributed by atoms with E-state index in [1.165, 1.54) is 36.0 Å². The third kappa shape index (κ3) is 5.92. The Kier molecular flexibility index (Phi) is 6.74. The van der Waals surface area contributed by atoms with Gasteiger partial charge in [-0.05, 0) is 42.0 Å². The highest BCUT2D eigenvalue weighted by Gasteiger charge is 2.07. The minimum Gasteiger partial charge on any atom is -0.351 e. The van der Waals surface area contributed by atoms with E-state index in [1.54, 1.807) is 23.3 Å². The molecular formula is C19H18FN5O2S. The molecule has 9 heteroatoms. The largest absolute Gasteiger partial charge is 0.351 e. The fourth-order valence-corrected chi connectivity index (χ4v) is 2.93. The molecule has 2 aromatic heterocycles. The Morgan fingerprint density at radius 2 is 1.86 bits per heavy atom. The highest BCUT2D eigenvalue weighted by atomic mass is 32.2. The summed E-state index contributed by atoms with van der Waals surface area (Å²) in [5, 5.41) is 9.53. The quantitative estimate of drug-likeness (QED) is 0.607. The molecule has 28 heavy (non-hydrogen) atoms. The molecule has 0 aliphatic carbocycles. The van der Waals surface area contributed by atoms with Crippen LogP contribution in [0.2, 0.25) is 0 Å². The van der Waals surface area contributed by atoms with Crippen molar-refractivity contribution in [2.45, 2.75) is 6.54 Å². The van der Waals surface area contributed by atoms with Crippen LogP contribution in [0, 0.1) is 5.82 Å². The summed E-state index contributed by atoms with van der Waals surface area (Å²) >= 11 is 1.20. The summed E-state index contributed by atoms with van der Waals surface area (Å²) in [6.07, 6.45) is 5.15. The Balaban J connectivity index is 1.35. The summed E-state index contributed by atoms with van der Waals surface area (Å²) in [6.45, 7) is 0.355. The molecule has 1 aromatic carbocycles. The number of carbonyl (C=O) groups is 2. The first-order valence-electron chi connectivity index (χ1n) is 8.45. The van der Waals surface area contributed by atoms with E-state index in [2.05, 4.69) is 20.7 Å². The van der Waals surface area contributed by atoms with Crippen molar-refractivity contribution in [2.24, 2.45) is 0 Å². The van der Waals surface area contributed by atoms with E-state index in [9.17, 15) is 14.0 Å². The fourth-order valence-electron chi connectivity index (χ4n) is 2.28. The van der Waals surface area contributed by atoms with Crippen LogP contribution in [0.5, 0.6) is 0 Å². The first-order chi connectivity index (χ1) is 13.6. The average molecular weight is 399 g/mol. The first-order valence-corrected chi connectivity index (χ1v) is 9.60. The van der Waals surface area contributed by atoms with Crippen molar-refractivity contribution in [2.75, 3.05) is 16.8 Å².